The zero-order chi connectivity index (χ0) is 16.6. The normalized spacial score (nSPS) is 14.0. The highest BCUT2D eigenvalue weighted by atomic mass is 32.2. The molecule has 0 aromatic heterocycles. The number of carboxylic acids is 1. The van der Waals surface area contributed by atoms with Gasteiger partial charge in [-0.05, 0) is 31.2 Å². The van der Waals surface area contributed by atoms with Crippen molar-refractivity contribution in [2.24, 2.45) is 0 Å². The molecule has 0 amide bonds. The topological polar surface area (TPSA) is 95.2 Å². The number of nitrogens with zero attached hydrogens (tertiary/aromatic N) is 1. The van der Waals surface area contributed by atoms with Crippen molar-refractivity contribution in [1.82, 2.24) is 0 Å². The molecular formula is C16H21NO4S. The van der Waals surface area contributed by atoms with Crippen LogP contribution in [-0.2, 0) is 19.4 Å². The number of rotatable bonds is 9. The summed E-state index contributed by atoms with van der Waals surface area (Å²) in [4.78, 5) is 10.6. The summed E-state index contributed by atoms with van der Waals surface area (Å²) in [6.07, 6.45) is 1.26. The summed E-state index contributed by atoms with van der Waals surface area (Å²) in [5, 5.41) is 18.3. The van der Waals surface area contributed by atoms with E-state index in [9.17, 15) is 18.5 Å². The molecule has 1 atom stereocenters. The van der Waals surface area contributed by atoms with Crippen molar-refractivity contribution in [2.75, 3.05) is 5.75 Å². The maximum atomic E-state index is 12.7. The van der Waals surface area contributed by atoms with Gasteiger partial charge in [0.15, 0.2) is 14.6 Å². The summed E-state index contributed by atoms with van der Waals surface area (Å²) in [5.74, 6) is -0.979. The Balaban J connectivity index is 3.14. The van der Waals surface area contributed by atoms with Gasteiger partial charge in [0, 0.05) is 6.42 Å². The largest absolute Gasteiger partial charge is 0.481 e. The van der Waals surface area contributed by atoms with Crippen LogP contribution in [0.3, 0.4) is 0 Å². The summed E-state index contributed by atoms with van der Waals surface area (Å²) in [5.41, 5.74) is 0.460. The number of carbonyl (C=O) groups is 1. The van der Waals surface area contributed by atoms with Gasteiger partial charge in [0.05, 0.1) is 11.8 Å². The van der Waals surface area contributed by atoms with Crippen molar-refractivity contribution in [1.29, 1.82) is 5.26 Å². The molecule has 0 spiro atoms. The van der Waals surface area contributed by atoms with E-state index in [0.29, 0.717) is 24.8 Å². The highest BCUT2D eigenvalue weighted by Gasteiger charge is 2.44. The minimum Gasteiger partial charge on any atom is -0.481 e. The van der Waals surface area contributed by atoms with Crippen LogP contribution in [-0.4, -0.2) is 25.2 Å². The quantitative estimate of drug-likeness (QED) is 0.705. The molecule has 1 N–H and O–H groups in total. The second kappa shape index (κ2) is 7.95. The second-order valence-electron chi connectivity index (χ2n) is 5.22. The minimum absolute atomic E-state index is 0.0237. The Kier molecular flexibility index (Phi) is 6.57. The van der Waals surface area contributed by atoms with Crippen LogP contribution in [0.15, 0.2) is 30.3 Å². The van der Waals surface area contributed by atoms with Gasteiger partial charge in [0.2, 0.25) is 0 Å². The highest BCUT2D eigenvalue weighted by Crippen LogP contribution is 2.36. The number of nitriles is 1. The standard InChI is InChI=1S/C16H21NO4S/c1-2-12-22(20,21)16(13-17,11-7-6-10-15(18)19)14-8-4-3-5-9-14/h3-5,8-9H,2,6-7,10-12H2,1H3,(H,18,19). The maximum absolute atomic E-state index is 12.7. The summed E-state index contributed by atoms with van der Waals surface area (Å²) >= 11 is 0. The van der Waals surface area contributed by atoms with Crippen LogP contribution < -0.4 is 0 Å². The van der Waals surface area contributed by atoms with Crippen LogP contribution >= 0.6 is 0 Å². The molecule has 0 bridgehead atoms. The van der Waals surface area contributed by atoms with Crippen molar-refractivity contribution in [3.8, 4) is 6.07 Å². The van der Waals surface area contributed by atoms with Gasteiger partial charge in [-0.25, -0.2) is 8.42 Å². The first kappa shape index (κ1) is 18.2. The molecule has 1 rings (SSSR count). The molecule has 5 nitrogen and oxygen atoms in total. The molecule has 0 aliphatic heterocycles. The first-order valence-corrected chi connectivity index (χ1v) is 8.95. The van der Waals surface area contributed by atoms with E-state index >= 15 is 0 Å². The lowest BCUT2D eigenvalue weighted by atomic mass is 9.93. The van der Waals surface area contributed by atoms with Gasteiger partial charge in [-0.1, -0.05) is 37.3 Å². The van der Waals surface area contributed by atoms with Crippen LogP contribution in [0.4, 0.5) is 0 Å². The molecule has 0 aliphatic carbocycles. The second-order valence-corrected chi connectivity index (χ2v) is 7.56. The predicted octanol–water partition coefficient (Wildman–Crippen LogP) is 2.88. The predicted molar refractivity (Wildman–Crippen MR) is 83.9 cm³/mol. The lowest BCUT2D eigenvalue weighted by molar-refractivity contribution is -0.137. The van der Waals surface area contributed by atoms with Crippen LogP contribution in [0, 0.1) is 11.3 Å². The first-order valence-electron chi connectivity index (χ1n) is 7.30. The molecule has 1 unspecified atom stereocenters. The van der Waals surface area contributed by atoms with Crippen molar-refractivity contribution < 1.29 is 18.3 Å². The minimum atomic E-state index is -3.65. The lowest BCUT2D eigenvalue weighted by Gasteiger charge is -2.27. The number of carboxylic acid groups (broad SMARTS) is 1. The molecule has 0 radical (unpaired) electrons. The highest BCUT2D eigenvalue weighted by molar-refractivity contribution is 7.92. The Morgan fingerprint density at radius 3 is 2.41 bits per heavy atom. The Bertz CT molecular complexity index is 634. The molecule has 6 heteroatoms. The van der Waals surface area contributed by atoms with Crippen LogP contribution in [0.2, 0.25) is 0 Å². The summed E-state index contributed by atoms with van der Waals surface area (Å²) in [7, 11) is -3.65. The summed E-state index contributed by atoms with van der Waals surface area (Å²) in [6.45, 7) is 1.76. The Morgan fingerprint density at radius 2 is 1.91 bits per heavy atom. The van der Waals surface area contributed by atoms with Crippen molar-refractivity contribution in [3.05, 3.63) is 35.9 Å². The SMILES string of the molecule is CCCS(=O)(=O)C(C#N)(CCCCC(=O)O)c1ccccc1. The molecule has 22 heavy (non-hydrogen) atoms. The van der Waals surface area contributed by atoms with Gasteiger partial charge in [0.1, 0.15) is 0 Å². The van der Waals surface area contributed by atoms with Crippen LogP contribution in [0.25, 0.3) is 0 Å². The van der Waals surface area contributed by atoms with Gasteiger partial charge in [-0.15, -0.1) is 0 Å². The fourth-order valence-corrected chi connectivity index (χ4v) is 4.45. The number of aliphatic carboxylic acids is 1. The Hall–Kier alpha value is -1.87. The van der Waals surface area contributed by atoms with E-state index in [1.807, 2.05) is 6.07 Å². The van der Waals surface area contributed by atoms with E-state index in [-0.39, 0.29) is 18.6 Å². The number of unbranched alkanes of at least 4 members (excludes halogenated alkanes) is 1. The molecule has 120 valence electrons. The van der Waals surface area contributed by atoms with Crippen LogP contribution in [0.5, 0.6) is 0 Å². The summed E-state index contributed by atoms with van der Waals surface area (Å²) < 4.78 is 23.8. The third-order valence-corrected chi connectivity index (χ3v) is 6.13. The third kappa shape index (κ3) is 4.08. The maximum Gasteiger partial charge on any atom is 0.303 e. The number of hydrogen-bond donors (Lipinski definition) is 1. The molecule has 0 saturated carbocycles. The number of hydrogen-bond acceptors (Lipinski definition) is 4. The molecule has 0 saturated heterocycles. The zero-order valence-electron chi connectivity index (χ0n) is 12.7. The van der Waals surface area contributed by atoms with Crippen molar-refractivity contribution in [2.45, 2.75) is 43.8 Å². The molecule has 0 fully saturated rings. The van der Waals surface area contributed by atoms with Gasteiger partial charge in [-0.2, -0.15) is 5.26 Å². The Morgan fingerprint density at radius 1 is 1.27 bits per heavy atom. The van der Waals surface area contributed by atoms with Crippen LogP contribution in [0.1, 0.15) is 44.6 Å². The summed E-state index contributed by atoms with van der Waals surface area (Å²) in [6, 6.07) is 10.5. The average Bonchev–Trinajstić information content (AvgIpc) is 2.48. The van der Waals surface area contributed by atoms with E-state index < -0.39 is 20.6 Å². The van der Waals surface area contributed by atoms with E-state index in [2.05, 4.69) is 0 Å². The molecule has 1 aromatic rings. The molecule has 1 aromatic carbocycles. The average molecular weight is 323 g/mol. The molecule has 0 heterocycles. The van der Waals surface area contributed by atoms with Gasteiger partial charge < -0.3 is 5.11 Å². The Labute approximate surface area is 131 Å². The monoisotopic (exact) mass is 323 g/mol. The van der Waals surface area contributed by atoms with Crippen molar-refractivity contribution in [3.63, 3.8) is 0 Å². The first-order chi connectivity index (χ1) is 10.4. The van der Waals surface area contributed by atoms with E-state index in [4.69, 9.17) is 5.11 Å². The number of sulfone groups is 1. The van der Waals surface area contributed by atoms with Crippen molar-refractivity contribution >= 4 is 15.8 Å². The van der Waals surface area contributed by atoms with E-state index in [0.717, 1.165) is 0 Å². The fraction of sp³-hybridized carbons (Fsp3) is 0.500. The zero-order valence-corrected chi connectivity index (χ0v) is 13.5. The van der Waals surface area contributed by atoms with Gasteiger partial charge in [0.25, 0.3) is 0 Å². The van der Waals surface area contributed by atoms with Gasteiger partial charge >= 0.3 is 5.97 Å². The van der Waals surface area contributed by atoms with Gasteiger partial charge in [-0.3, -0.25) is 4.79 Å². The van der Waals surface area contributed by atoms with E-state index in [1.165, 1.54) is 0 Å². The molecule has 0 aliphatic rings. The third-order valence-electron chi connectivity index (χ3n) is 3.59. The van der Waals surface area contributed by atoms with E-state index in [1.54, 1.807) is 37.3 Å². The fourth-order valence-electron chi connectivity index (χ4n) is 2.47. The molecular weight excluding hydrogens is 302 g/mol. The smallest absolute Gasteiger partial charge is 0.303 e. The number of benzene rings is 1. The lowest BCUT2D eigenvalue weighted by Crippen LogP contribution is -2.36.